The smallest absolute Gasteiger partial charge is 0.339 e. The highest BCUT2D eigenvalue weighted by atomic mass is 16.7. The van der Waals surface area contributed by atoms with E-state index in [4.69, 9.17) is 29.4 Å². The van der Waals surface area contributed by atoms with E-state index < -0.39 is 48.5 Å². The molecule has 11 heteroatoms. The molecule has 0 bridgehead atoms. The van der Waals surface area contributed by atoms with Gasteiger partial charge in [0.1, 0.15) is 11.3 Å². The number of hydrogen-bond acceptors (Lipinski definition) is 10. The van der Waals surface area contributed by atoms with Crippen LogP contribution in [-0.2, 0) is 33.3 Å². The van der Waals surface area contributed by atoms with Crippen LogP contribution >= 0.6 is 0 Å². The zero-order valence-corrected chi connectivity index (χ0v) is 20.2. The molecule has 0 aliphatic carbocycles. The number of nitrogens with two attached hydrogens (primary N) is 1. The van der Waals surface area contributed by atoms with Gasteiger partial charge >= 0.3 is 23.9 Å². The molecule has 0 amide bonds. The van der Waals surface area contributed by atoms with E-state index in [-0.39, 0.29) is 42.9 Å². The van der Waals surface area contributed by atoms with Gasteiger partial charge in [0, 0.05) is 24.9 Å². The molecule has 4 atom stereocenters. The van der Waals surface area contributed by atoms with Crippen molar-refractivity contribution in [1.82, 2.24) is 0 Å². The topological polar surface area (TPSA) is 161 Å². The first-order chi connectivity index (χ1) is 16.7. The quantitative estimate of drug-likeness (QED) is 0.249. The number of carbonyl (C=O) groups is 4. The summed E-state index contributed by atoms with van der Waals surface area (Å²) in [7, 11) is 0. The molecule has 0 radical (unpaired) electrons. The second kappa shape index (κ2) is 13.5. The molecule has 1 aliphatic rings. The highest BCUT2D eigenvalue weighted by Crippen LogP contribution is 2.30. The molecule has 0 saturated carbocycles. The fourth-order valence-electron chi connectivity index (χ4n) is 3.42. The molecule has 11 nitrogen and oxygen atoms in total. The molecule has 3 N–H and O–H groups in total. The highest BCUT2D eigenvalue weighted by Gasteiger charge is 2.49. The largest absolute Gasteiger partial charge is 0.478 e. The molecular weight excluding hydrogens is 462 g/mol. The molecule has 1 fully saturated rings. The number of nitrogen functional groups attached to an aromatic ring is 1. The van der Waals surface area contributed by atoms with Gasteiger partial charge in [0.25, 0.3) is 0 Å². The SMILES string of the molecule is CCCC(=O)O[C@H]1[C@@H](Oc2ccc(N)cc2C(=O)O)OC[C@@H](OC(=O)CCC)[C@H]1OC(=O)CCC. The third kappa shape index (κ3) is 8.13. The van der Waals surface area contributed by atoms with Crippen LogP contribution < -0.4 is 10.5 Å². The Hall–Kier alpha value is -3.34. The third-order valence-corrected chi connectivity index (χ3v) is 5.04. The fraction of sp³-hybridized carbons (Fsp3) is 0.583. The van der Waals surface area contributed by atoms with Crippen LogP contribution in [0.4, 0.5) is 5.69 Å². The maximum atomic E-state index is 12.4. The van der Waals surface area contributed by atoms with Crippen molar-refractivity contribution < 1.29 is 48.0 Å². The molecule has 35 heavy (non-hydrogen) atoms. The maximum Gasteiger partial charge on any atom is 0.339 e. The van der Waals surface area contributed by atoms with Crippen LogP contribution in [0, 0.1) is 0 Å². The molecule has 1 aromatic carbocycles. The van der Waals surface area contributed by atoms with Gasteiger partial charge in [-0.2, -0.15) is 0 Å². The zero-order valence-electron chi connectivity index (χ0n) is 20.2. The Morgan fingerprint density at radius 2 is 1.46 bits per heavy atom. The van der Waals surface area contributed by atoms with Gasteiger partial charge in [-0.15, -0.1) is 0 Å². The van der Waals surface area contributed by atoms with E-state index in [0.717, 1.165) is 0 Å². The van der Waals surface area contributed by atoms with Gasteiger partial charge in [0.15, 0.2) is 12.2 Å². The van der Waals surface area contributed by atoms with Crippen molar-refractivity contribution in [2.45, 2.75) is 83.9 Å². The zero-order chi connectivity index (χ0) is 26.0. The Morgan fingerprint density at radius 1 is 0.914 bits per heavy atom. The minimum Gasteiger partial charge on any atom is -0.478 e. The van der Waals surface area contributed by atoms with E-state index in [1.54, 1.807) is 13.8 Å². The predicted molar refractivity (Wildman–Crippen MR) is 123 cm³/mol. The number of esters is 3. The molecule has 1 aliphatic heterocycles. The number of aromatic carboxylic acids is 1. The summed E-state index contributed by atoms with van der Waals surface area (Å²) in [6.07, 6.45) is -3.11. The minimum atomic E-state index is -1.35. The Morgan fingerprint density at radius 3 is 2.00 bits per heavy atom. The normalized spacial score (nSPS) is 21.6. The van der Waals surface area contributed by atoms with Crippen molar-refractivity contribution in [3.63, 3.8) is 0 Å². The summed E-state index contributed by atoms with van der Waals surface area (Å²) in [5.74, 6) is -3.09. The monoisotopic (exact) mass is 495 g/mol. The van der Waals surface area contributed by atoms with Crippen LogP contribution in [-0.4, -0.2) is 60.2 Å². The lowest BCUT2D eigenvalue weighted by molar-refractivity contribution is -0.261. The summed E-state index contributed by atoms with van der Waals surface area (Å²) in [5.41, 5.74) is 5.67. The van der Waals surface area contributed by atoms with Crippen molar-refractivity contribution in [3.05, 3.63) is 23.8 Å². The standard InChI is InChI=1S/C24H33NO10/c1-4-7-18(26)32-17-13-31-24(33-16-11-10-14(25)12-15(16)23(29)30)22(35-20(28)9-6-3)21(17)34-19(27)8-5-2/h10-12,17,21-22,24H,4-9,13,25H2,1-3H3,(H,29,30)/t17-,21-,22-,24-/m1/s1. The van der Waals surface area contributed by atoms with E-state index in [1.807, 2.05) is 6.92 Å². The maximum absolute atomic E-state index is 12.4. The number of hydrogen-bond donors (Lipinski definition) is 2. The minimum absolute atomic E-state index is 0.0708. The van der Waals surface area contributed by atoms with Gasteiger partial charge in [-0.1, -0.05) is 20.8 Å². The van der Waals surface area contributed by atoms with E-state index in [0.29, 0.717) is 19.3 Å². The Labute approximate surface area is 203 Å². The van der Waals surface area contributed by atoms with Crippen molar-refractivity contribution in [1.29, 1.82) is 0 Å². The van der Waals surface area contributed by atoms with Crippen molar-refractivity contribution in [2.24, 2.45) is 0 Å². The van der Waals surface area contributed by atoms with E-state index in [1.165, 1.54) is 18.2 Å². The molecule has 1 heterocycles. The predicted octanol–water partition coefficient (Wildman–Crippen LogP) is 2.84. The molecule has 1 aromatic rings. The molecule has 0 aromatic heterocycles. The third-order valence-electron chi connectivity index (χ3n) is 5.04. The summed E-state index contributed by atoms with van der Waals surface area (Å²) in [5, 5.41) is 9.53. The molecule has 194 valence electrons. The van der Waals surface area contributed by atoms with Gasteiger partial charge in [0.2, 0.25) is 12.4 Å². The highest BCUT2D eigenvalue weighted by molar-refractivity contribution is 5.92. The summed E-state index contributed by atoms with van der Waals surface area (Å²) >= 11 is 0. The van der Waals surface area contributed by atoms with Crippen molar-refractivity contribution in [2.75, 3.05) is 12.3 Å². The number of benzene rings is 1. The molecule has 0 unspecified atom stereocenters. The molecule has 2 rings (SSSR count). The number of ether oxygens (including phenoxy) is 5. The van der Waals surface area contributed by atoms with E-state index in [9.17, 15) is 24.3 Å². The first-order valence-electron chi connectivity index (χ1n) is 11.7. The van der Waals surface area contributed by atoms with Crippen LogP contribution in [0.5, 0.6) is 5.75 Å². The Bertz CT molecular complexity index is 902. The number of carbonyl (C=O) groups excluding carboxylic acids is 3. The van der Waals surface area contributed by atoms with Gasteiger partial charge in [-0.25, -0.2) is 4.79 Å². The van der Waals surface area contributed by atoms with Crippen molar-refractivity contribution in [3.8, 4) is 5.75 Å². The van der Waals surface area contributed by atoms with E-state index in [2.05, 4.69) is 0 Å². The van der Waals surface area contributed by atoms with Crippen LogP contribution in [0.15, 0.2) is 18.2 Å². The van der Waals surface area contributed by atoms with Crippen LogP contribution in [0.3, 0.4) is 0 Å². The number of carboxylic acids is 1. The summed E-state index contributed by atoms with van der Waals surface area (Å²) in [6.45, 7) is 5.16. The van der Waals surface area contributed by atoms with Gasteiger partial charge < -0.3 is 34.5 Å². The summed E-state index contributed by atoms with van der Waals surface area (Å²) in [4.78, 5) is 48.7. The second-order valence-electron chi connectivity index (χ2n) is 8.07. The molecular formula is C24H33NO10. The van der Waals surface area contributed by atoms with Crippen LogP contribution in [0.1, 0.15) is 69.7 Å². The molecule has 0 spiro atoms. The van der Waals surface area contributed by atoms with E-state index >= 15 is 0 Å². The van der Waals surface area contributed by atoms with Gasteiger partial charge in [-0.3, -0.25) is 14.4 Å². The fourth-order valence-corrected chi connectivity index (χ4v) is 3.42. The average Bonchev–Trinajstić information content (AvgIpc) is 2.79. The lowest BCUT2D eigenvalue weighted by Gasteiger charge is -2.40. The first-order valence-corrected chi connectivity index (χ1v) is 11.7. The van der Waals surface area contributed by atoms with Crippen molar-refractivity contribution >= 4 is 29.6 Å². The van der Waals surface area contributed by atoms with Gasteiger partial charge in [-0.05, 0) is 37.5 Å². The number of anilines is 1. The second-order valence-corrected chi connectivity index (χ2v) is 8.07. The average molecular weight is 496 g/mol. The molecule has 1 saturated heterocycles. The summed E-state index contributed by atoms with van der Waals surface area (Å²) < 4.78 is 28.1. The lowest BCUT2D eigenvalue weighted by atomic mass is 10.0. The lowest BCUT2D eigenvalue weighted by Crippen LogP contribution is -2.59. The number of carboxylic acid groups (broad SMARTS) is 1. The number of rotatable bonds is 12. The Kier molecular flexibility index (Phi) is 10.8. The Balaban J connectivity index is 2.41. The van der Waals surface area contributed by atoms with Gasteiger partial charge in [0.05, 0.1) is 6.61 Å². The summed E-state index contributed by atoms with van der Waals surface area (Å²) in [6, 6.07) is 4.00. The first kappa shape index (κ1) is 27.9. The van der Waals surface area contributed by atoms with Crippen LogP contribution in [0.25, 0.3) is 0 Å². The van der Waals surface area contributed by atoms with Crippen LogP contribution in [0.2, 0.25) is 0 Å².